The van der Waals surface area contributed by atoms with Gasteiger partial charge in [0.25, 0.3) is 0 Å². The van der Waals surface area contributed by atoms with Crippen molar-refractivity contribution in [1.82, 2.24) is 0 Å². The number of carbonyl (C=O) groups excluding carboxylic acids is 3. The highest BCUT2D eigenvalue weighted by Gasteiger charge is 2.19. The van der Waals surface area contributed by atoms with Gasteiger partial charge in [-0.2, -0.15) is 0 Å². The lowest BCUT2D eigenvalue weighted by Gasteiger charge is -2.18. The SMILES string of the molecule is CC/C=C\C/C=C\C/C=C\C/C=C\C/C=C\CCC(=O)OCC(COC(=O)CCC/C=C\CCCCCC)OC(=O)CCCCCCCCC/C=C\CCCCCC. The molecule has 0 fully saturated rings. The van der Waals surface area contributed by atoms with E-state index in [-0.39, 0.29) is 37.5 Å². The Labute approximate surface area is 356 Å². The Morgan fingerprint density at radius 2 is 0.724 bits per heavy atom. The van der Waals surface area contributed by atoms with E-state index in [4.69, 9.17) is 14.2 Å². The van der Waals surface area contributed by atoms with Crippen molar-refractivity contribution in [2.45, 2.75) is 213 Å². The standard InChI is InChI=1S/C52H86O6/c1-4-7-10-13-16-19-21-23-25-27-28-30-33-36-39-42-45-51(54)57-48-49(47-56-50(53)44-41-38-35-32-18-15-12-9-6-3)58-52(55)46-43-40-37-34-31-29-26-24-22-20-17-14-11-8-5-2/h7,10,16,19-20,22-23,25,28,30,32,35-36,39,49H,4-6,8-9,11-15,17-18,21,24,26-27,29,31,33-34,37-38,40-48H2,1-3H3/b10-7-,19-16-,22-20-,25-23-,30-28-,35-32-,39-36-. The van der Waals surface area contributed by atoms with E-state index in [2.05, 4.69) is 93.7 Å². The fourth-order valence-electron chi connectivity index (χ4n) is 6.08. The van der Waals surface area contributed by atoms with Crippen LogP contribution in [0.25, 0.3) is 0 Å². The van der Waals surface area contributed by atoms with Crippen LogP contribution in [0.15, 0.2) is 85.1 Å². The van der Waals surface area contributed by atoms with E-state index in [9.17, 15) is 14.4 Å². The average molecular weight is 807 g/mol. The Morgan fingerprint density at radius 3 is 1.21 bits per heavy atom. The third-order valence-corrected chi connectivity index (χ3v) is 9.62. The van der Waals surface area contributed by atoms with E-state index in [0.29, 0.717) is 25.7 Å². The molecule has 0 aliphatic rings. The smallest absolute Gasteiger partial charge is 0.306 e. The number of hydrogen-bond acceptors (Lipinski definition) is 6. The lowest BCUT2D eigenvalue weighted by Crippen LogP contribution is -2.30. The second-order valence-corrected chi connectivity index (χ2v) is 15.3. The van der Waals surface area contributed by atoms with Crippen LogP contribution in [-0.4, -0.2) is 37.2 Å². The zero-order valence-electron chi connectivity index (χ0n) is 37.5. The van der Waals surface area contributed by atoms with Crippen molar-refractivity contribution in [3.63, 3.8) is 0 Å². The Hall–Kier alpha value is -3.41. The van der Waals surface area contributed by atoms with Gasteiger partial charge in [0.05, 0.1) is 0 Å². The summed E-state index contributed by atoms with van der Waals surface area (Å²) in [4.78, 5) is 37.7. The van der Waals surface area contributed by atoms with Crippen LogP contribution in [0.3, 0.4) is 0 Å². The topological polar surface area (TPSA) is 78.9 Å². The summed E-state index contributed by atoms with van der Waals surface area (Å²) in [7, 11) is 0. The van der Waals surface area contributed by atoms with Crippen LogP contribution in [0.2, 0.25) is 0 Å². The monoisotopic (exact) mass is 807 g/mol. The fourth-order valence-corrected chi connectivity index (χ4v) is 6.08. The van der Waals surface area contributed by atoms with Crippen LogP contribution in [0.4, 0.5) is 0 Å². The summed E-state index contributed by atoms with van der Waals surface area (Å²) in [5, 5.41) is 0. The Kier molecular flexibility index (Phi) is 43.6. The average Bonchev–Trinajstić information content (AvgIpc) is 3.22. The second kappa shape index (κ2) is 46.3. The predicted octanol–water partition coefficient (Wildman–Crippen LogP) is 15.3. The fraction of sp³-hybridized carbons (Fsp3) is 0.673. The number of unbranched alkanes of at least 4 members (excludes halogenated alkanes) is 16. The molecule has 0 spiro atoms. The van der Waals surface area contributed by atoms with E-state index in [1.807, 2.05) is 12.2 Å². The minimum Gasteiger partial charge on any atom is -0.462 e. The molecule has 0 rings (SSSR count). The summed E-state index contributed by atoms with van der Waals surface area (Å²) < 4.78 is 16.6. The molecule has 0 bridgehead atoms. The molecule has 0 aromatic heterocycles. The molecule has 1 atom stereocenters. The second-order valence-electron chi connectivity index (χ2n) is 15.3. The summed E-state index contributed by atoms with van der Waals surface area (Å²) in [6, 6.07) is 0. The largest absolute Gasteiger partial charge is 0.462 e. The highest BCUT2D eigenvalue weighted by molar-refractivity contribution is 5.71. The highest BCUT2D eigenvalue weighted by Crippen LogP contribution is 2.13. The van der Waals surface area contributed by atoms with Gasteiger partial charge in [-0.25, -0.2) is 0 Å². The number of carbonyl (C=O) groups is 3. The molecule has 0 aromatic rings. The summed E-state index contributed by atoms with van der Waals surface area (Å²) in [5.74, 6) is -1.05. The van der Waals surface area contributed by atoms with E-state index >= 15 is 0 Å². The molecule has 0 aliphatic carbocycles. The number of ether oxygens (including phenoxy) is 3. The summed E-state index contributed by atoms with van der Waals surface area (Å²) in [6.45, 7) is 6.36. The molecule has 6 nitrogen and oxygen atoms in total. The first-order valence-corrected chi connectivity index (χ1v) is 23.6. The van der Waals surface area contributed by atoms with Crippen molar-refractivity contribution in [1.29, 1.82) is 0 Å². The maximum atomic E-state index is 12.7. The molecule has 1 unspecified atom stereocenters. The predicted molar refractivity (Wildman–Crippen MR) is 247 cm³/mol. The van der Waals surface area contributed by atoms with Gasteiger partial charge in [0.15, 0.2) is 6.10 Å². The highest BCUT2D eigenvalue weighted by atomic mass is 16.6. The van der Waals surface area contributed by atoms with Crippen LogP contribution < -0.4 is 0 Å². The molecular weight excluding hydrogens is 721 g/mol. The van der Waals surface area contributed by atoms with Gasteiger partial charge in [0.1, 0.15) is 13.2 Å². The minimum absolute atomic E-state index is 0.117. The molecule has 0 amide bonds. The van der Waals surface area contributed by atoms with Crippen molar-refractivity contribution in [2.24, 2.45) is 0 Å². The first-order chi connectivity index (χ1) is 28.5. The normalized spacial score (nSPS) is 12.8. The van der Waals surface area contributed by atoms with Crippen LogP contribution in [0, 0.1) is 0 Å². The zero-order valence-corrected chi connectivity index (χ0v) is 37.5. The van der Waals surface area contributed by atoms with Crippen molar-refractivity contribution in [2.75, 3.05) is 13.2 Å². The summed E-state index contributed by atoms with van der Waals surface area (Å²) in [6.07, 6.45) is 58.7. The third-order valence-electron chi connectivity index (χ3n) is 9.62. The molecule has 6 heteroatoms. The Morgan fingerprint density at radius 1 is 0.362 bits per heavy atom. The van der Waals surface area contributed by atoms with Gasteiger partial charge >= 0.3 is 17.9 Å². The molecule has 330 valence electrons. The molecule has 0 saturated heterocycles. The first kappa shape index (κ1) is 54.6. The van der Waals surface area contributed by atoms with E-state index < -0.39 is 6.10 Å². The number of rotatable bonds is 41. The maximum absolute atomic E-state index is 12.7. The Balaban J connectivity index is 4.50. The molecule has 0 N–H and O–H groups in total. The Bertz CT molecular complexity index is 1160. The van der Waals surface area contributed by atoms with Crippen LogP contribution in [0.5, 0.6) is 0 Å². The van der Waals surface area contributed by atoms with Crippen molar-refractivity contribution >= 4 is 17.9 Å². The van der Waals surface area contributed by atoms with Gasteiger partial charge < -0.3 is 14.2 Å². The minimum atomic E-state index is -0.817. The van der Waals surface area contributed by atoms with Crippen molar-refractivity contribution in [3.8, 4) is 0 Å². The number of hydrogen-bond donors (Lipinski definition) is 0. The molecule has 58 heavy (non-hydrogen) atoms. The maximum Gasteiger partial charge on any atom is 0.306 e. The molecule has 0 saturated carbocycles. The van der Waals surface area contributed by atoms with Crippen LogP contribution in [0.1, 0.15) is 207 Å². The van der Waals surface area contributed by atoms with Gasteiger partial charge in [-0.05, 0) is 96.3 Å². The van der Waals surface area contributed by atoms with Gasteiger partial charge in [-0.15, -0.1) is 0 Å². The van der Waals surface area contributed by atoms with Gasteiger partial charge in [-0.1, -0.05) is 176 Å². The lowest BCUT2D eigenvalue weighted by molar-refractivity contribution is -0.166. The van der Waals surface area contributed by atoms with Gasteiger partial charge in [0.2, 0.25) is 0 Å². The van der Waals surface area contributed by atoms with Crippen molar-refractivity contribution < 1.29 is 28.6 Å². The summed E-state index contributed by atoms with van der Waals surface area (Å²) in [5.41, 5.74) is 0. The van der Waals surface area contributed by atoms with Crippen molar-refractivity contribution in [3.05, 3.63) is 85.1 Å². The molecule has 0 aromatic carbocycles. The molecular formula is C52H86O6. The van der Waals surface area contributed by atoms with E-state index in [0.717, 1.165) is 64.2 Å². The molecule has 0 aliphatic heterocycles. The third kappa shape index (κ3) is 43.7. The van der Waals surface area contributed by atoms with Crippen LogP contribution in [-0.2, 0) is 28.6 Å². The summed E-state index contributed by atoms with van der Waals surface area (Å²) >= 11 is 0. The molecule has 0 radical (unpaired) electrons. The zero-order chi connectivity index (χ0) is 42.3. The quantitative estimate of drug-likeness (QED) is 0.0265. The van der Waals surface area contributed by atoms with E-state index in [1.165, 1.54) is 89.9 Å². The molecule has 0 heterocycles. The first-order valence-electron chi connectivity index (χ1n) is 23.6. The number of allylic oxidation sites excluding steroid dienone is 14. The van der Waals surface area contributed by atoms with Crippen LogP contribution >= 0.6 is 0 Å². The number of esters is 3. The van der Waals surface area contributed by atoms with Gasteiger partial charge in [0, 0.05) is 19.3 Å². The lowest BCUT2D eigenvalue weighted by atomic mass is 10.1. The van der Waals surface area contributed by atoms with E-state index in [1.54, 1.807) is 0 Å². The van der Waals surface area contributed by atoms with Gasteiger partial charge in [-0.3, -0.25) is 14.4 Å².